The van der Waals surface area contributed by atoms with E-state index in [0.29, 0.717) is 0 Å². The molecule has 0 heterocycles. The highest BCUT2D eigenvalue weighted by atomic mass is 16.4. The van der Waals surface area contributed by atoms with Gasteiger partial charge < -0.3 is 10.2 Å². The Morgan fingerprint density at radius 1 is 1.50 bits per heavy atom. The van der Waals surface area contributed by atoms with Crippen LogP contribution >= 0.6 is 0 Å². The number of carbonyl (C=O) groups is 1. The van der Waals surface area contributed by atoms with Gasteiger partial charge in [-0.3, -0.25) is 4.79 Å². The number of aliphatic hydroxyl groups excluding tert-OH is 1. The van der Waals surface area contributed by atoms with Gasteiger partial charge in [0.2, 0.25) is 0 Å². The molecule has 2 N–H and O–H groups in total. The maximum atomic E-state index is 11.0. The van der Waals surface area contributed by atoms with Gasteiger partial charge in [-0.1, -0.05) is 0 Å². The molecule has 0 amide bonds. The fourth-order valence-corrected chi connectivity index (χ4v) is 2.88. The Morgan fingerprint density at radius 3 is 2.50 bits per heavy atom. The summed E-state index contributed by atoms with van der Waals surface area (Å²) in [5, 5.41) is 18.7. The lowest BCUT2D eigenvalue weighted by Crippen LogP contribution is -2.44. The highest BCUT2D eigenvalue weighted by Crippen LogP contribution is 2.55. The van der Waals surface area contributed by atoms with Gasteiger partial charge in [-0.25, -0.2) is 0 Å². The lowest BCUT2D eigenvalue weighted by atomic mass is 9.73. The lowest BCUT2D eigenvalue weighted by molar-refractivity contribution is -0.159. The summed E-state index contributed by atoms with van der Waals surface area (Å²) in [6.07, 6.45) is 2.28. The number of aliphatic carboxylic acids is 1. The van der Waals surface area contributed by atoms with E-state index >= 15 is 0 Å². The molecule has 12 heavy (non-hydrogen) atoms. The standard InChI is InChI=1S/C9H14O3/c1-9(8(11)12)6-3-2-5(4-6)7(9)10/h5-7,10H,2-4H2,1H3,(H,11,12)/t5-,6+,7?,9-/m0/s1. The number of carboxylic acids is 1. The number of rotatable bonds is 1. The first kappa shape index (κ1) is 8.05. The molecule has 3 heteroatoms. The van der Waals surface area contributed by atoms with Crippen molar-refractivity contribution in [3.63, 3.8) is 0 Å². The van der Waals surface area contributed by atoms with Gasteiger partial charge >= 0.3 is 5.97 Å². The molecule has 68 valence electrons. The summed E-state index contributed by atoms with van der Waals surface area (Å²) in [5.74, 6) is -0.381. The molecule has 4 atom stereocenters. The lowest BCUT2D eigenvalue weighted by Gasteiger charge is -2.33. The van der Waals surface area contributed by atoms with Crippen LogP contribution in [0.4, 0.5) is 0 Å². The minimum atomic E-state index is -0.858. The topological polar surface area (TPSA) is 57.5 Å². The zero-order valence-corrected chi connectivity index (χ0v) is 7.16. The van der Waals surface area contributed by atoms with Crippen LogP contribution in [0.2, 0.25) is 0 Å². The molecule has 2 aliphatic rings. The van der Waals surface area contributed by atoms with Crippen molar-refractivity contribution in [2.24, 2.45) is 17.3 Å². The summed E-state index contributed by atoms with van der Waals surface area (Å²) in [5.41, 5.74) is -0.858. The zero-order valence-electron chi connectivity index (χ0n) is 7.16. The number of fused-ring (bicyclic) bond motifs is 2. The molecule has 2 saturated carbocycles. The van der Waals surface area contributed by atoms with E-state index in [0.717, 1.165) is 19.3 Å². The number of aliphatic hydroxyl groups is 1. The van der Waals surface area contributed by atoms with Crippen molar-refractivity contribution < 1.29 is 15.0 Å². The second-order valence-corrected chi connectivity index (χ2v) is 4.30. The van der Waals surface area contributed by atoms with Gasteiger partial charge in [0.05, 0.1) is 11.5 Å². The second kappa shape index (κ2) is 2.22. The first-order chi connectivity index (χ1) is 5.56. The Balaban J connectivity index is 2.32. The molecular weight excluding hydrogens is 156 g/mol. The molecule has 2 rings (SSSR count). The van der Waals surface area contributed by atoms with Gasteiger partial charge in [0.25, 0.3) is 0 Å². The number of hydrogen-bond donors (Lipinski definition) is 2. The molecule has 2 fully saturated rings. The quantitative estimate of drug-likeness (QED) is 0.614. The molecule has 1 unspecified atom stereocenters. The van der Waals surface area contributed by atoms with Gasteiger partial charge in [0.1, 0.15) is 0 Å². The Labute approximate surface area is 71.4 Å². The summed E-state index contributed by atoms with van der Waals surface area (Å²) in [4.78, 5) is 11.0. The average molecular weight is 170 g/mol. The van der Waals surface area contributed by atoms with Crippen LogP contribution < -0.4 is 0 Å². The maximum absolute atomic E-state index is 11.0. The van der Waals surface area contributed by atoms with Crippen molar-refractivity contribution in [3.8, 4) is 0 Å². The van der Waals surface area contributed by atoms with Crippen LogP contribution in [0.1, 0.15) is 26.2 Å². The third kappa shape index (κ3) is 0.724. The van der Waals surface area contributed by atoms with Gasteiger partial charge in [-0.15, -0.1) is 0 Å². The average Bonchev–Trinajstić information content (AvgIpc) is 2.55. The first-order valence-electron chi connectivity index (χ1n) is 4.48. The van der Waals surface area contributed by atoms with E-state index < -0.39 is 17.5 Å². The van der Waals surface area contributed by atoms with E-state index in [1.54, 1.807) is 6.92 Å². The molecule has 0 spiro atoms. The van der Waals surface area contributed by atoms with E-state index in [-0.39, 0.29) is 11.8 Å². The Morgan fingerprint density at radius 2 is 2.17 bits per heavy atom. The summed E-state index contributed by atoms with van der Waals surface area (Å²) < 4.78 is 0. The molecule has 0 radical (unpaired) electrons. The van der Waals surface area contributed by atoms with Crippen LogP contribution in [-0.4, -0.2) is 22.3 Å². The van der Waals surface area contributed by atoms with Gasteiger partial charge in [0.15, 0.2) is 0 Å². The predicted octanol–water partition coefficient (Wildman–Crippen LogP) is 0.868. The predicted molar refractivity (Wildman–Crippen MR) is 42.6 cm³/mol. The van der Waals surface area contributed by atoms with Crippen LogP contribution in [0.3, 0.4) is 0 Å². The van der Waals surface area contributed by atoms with Crippen LogP contribution in [0.5, 0.6) is 0 Å². The minimum absolute atomic E-state index is 0.204. The summed E-state index contributed by atoms with van der Waals surface area (Å²) in [6, 6.07) is 0. The summed E-state index contributed by atoms with van der Waals surface area (Å²) in [7, 11) is 0. The molecular formula is C9H14O3. The molecule has 0 aromatic rings. The molecule has 3 nitrogen and oxygen atoms in total. The second-order valence-electron chi connectivity index (χ2n) is 4.30. The monoisotopic (exact) mass is 170 g/mol. The fourth-order valence-electron chi connectivity index (χ4n) is 2.88. The number of hydrogen-bond acceptors (Lipinski definition) is 2. The van der Waals surface area contributed by atoms with Crippen molar-refractivity contribution in [2.75, 3.05) is 0 Å². The Hall–Kier alpha value is -0.570. The molecule has 0 aliphatic heterocycles. The third-order valence-corrected chi connectivity index (χ3v) is 3.84. The van der Waals surface area contributed by atoms with Gasteiger partial charge in [0, 0.05) is 0 Å². The summed E-state index contributed by atoms with van der Waals surface area (Å²) in [6.45, 7) is 1.68. The molecule has 2 bridgehead atoms. The smallest absolute Gasteiger partial charge is 0.312 e. The van der Waals surface area contributed by atoms with E-state index in [1.807, 2.05) is 0 Å². The van der Waals surface area contributed by atoms with Crippen molar-refractivity contribution in [1.82, 2.24) is 0 Å². The Bertz CT molecular complexity index is 222. The fraction of sp³-hybridized carbons (Fsp3) is 0.889. The van der Waals surface area contributed by atoms with Crippen LogP contribution in [0, 0.1) is 17.3 Å². The van der Waals surface area contributed by atoms with Crippen molar-refractivity contribution in [2.45, 2.75) is 32.3 Å². The molecule has 2 aliphatic carbocycles. The van der Waals surface area contributed by atoms with Crippen molar-refractivity contribution in [3.05, 3.63) is 0 Å². The first-order valence-corrected chi connectivity index (χ1v) is 4.48. The highest BCUT2D eigenvalue weighted by molar-refractivity contribution is 5.76. The van der Waals surface area contributed by atoms with Crippen LogP contribution in [0.25, 0.3) is 0 Å². The minimum Gasteiger partial charge on any atom is -0.481 e. The van der Waals surface area contributed by atoms with E-state index in [4.69, 9.17) is 5.11 Å². The Kier molecular flexibility index (Phi) is 1.49. The largest absolute Gasteiger partial charge is 0.481 e. The van der Waals surface area contributed by atoms with Crippen LogP contribution in [0.15, 0.2) is 0 Å². The zero-order chi connectivity index (χ0) is 8.93. The molecule has 0 saturated heterocycles. The van der Waals surface area contributed by atoms with Crippen LogP contribution in [-0.2, 0) is 4.79 Å². The third-order valence-electron chi connectivity index (χ3n) is 3.84. The highest BCUT2D eigenvalue weighted by Gasteiger charge is 2.59. The molecule has 0 aromatic heterocycles. The number of carboxylic acid groups (broad SMARTS) is 1. The van der Waals surface area contributed by atoms with E-state index in [1.165, 1.54) is 0 Å². The summed E-state index contributed by atoms with van der Waals surface area (Å²) >= 11 is 0. The maximum Gasteiger partial charge on any atom is 0.312 e. The van der Waals surface area contributed by atoms with Crippen molar-refractivity contribution in [1.29, 1.82) is 0 Å². The normalized spacial score (nSPS) is 51.3. The van der Waals surface area contributed by atoms with E-state index in [2.05, 4.69) is 0 Å². The van der Waals surface area contributed by atoms with Gasteiger partial charge in [-0.05, 0) is 38.0 Å². The van der Waals surface area contributed by atoms with Crippen molar-refractivity contribution >= 4 is 5.97 Å². The SMILES string of the molecule is C[C@@]1(C(=O)O)C(O)[C@H]2CC[C@@H]1C2. The molecule has 0 aromatic carbocycles. The van der Waals surface area contributed by atoms with Gasteiger partial charge in [-0.2, -0.15) is 0 Å². The van der Waals surface area contributed by atoms with E-state index in [9.17, 15) is 9.90 Å².